The van der Waals surface area contributed by atoms with Gasteiger partial charge in [0.05, 0.1) is 5.52 Å². The van der Waals surface area contributed by atoms with Crippen molar-refractivity contribution in [3.8, 4) is 16.9 Å². The second kappa shape index (κ2) is 5.67. The monoisotopic (exact) mass is 373 g/mol. The van der Waals surface area contributed by atoms with E-state index in [0.29, 0.717) is 15.4 Å². The topological polar surface area (TPSA) is 99.6 Å². The summed E-state index contributed by atoms with van der Waals surface area (Å²) in [5.74, 6) is -2.35. The number of nitrogens with one attached hydrogen (secondary N) is 1. The molecule has 0 saturated carbocycles. The number of carbonyl (C=O) groups excluding carboxylic acids is 1. The smallest absolute Gasteiger partial charge is 0.326 e. The predicted octanol–water partition coefficient (Wildman–Crippen LogP) is 1.93. The second-order valence-corrected chi connectivity index (χ2v) is 7.37. The van der Waals surface area contributed by atoms with Crippen LogP contribution in [0.3, 0.4) is 0 Å². The van der Waals surface area contributed by atoms with Crippen LogP contribution in [0.5, 0.6) is 5.75 Å². The van der Waals surface area contributed by atoms with Gasteiger partial charge in [0.2, 0.25) is 0 Å². The fourth-order valence-electron chi connectivity index (χ4n) is 2.87. The van der Waals surface area contributed by atoms with Crippen LogP contribution in [-0.2, 0) is 15.0 Å². The van der Waals surface area contributed by atoms with Crippen LogP contribution < -0.4 is 9.03 Å². The van der Waals surface area contributed by atoms with Crippen molar-refractivity contribution in [1.82, 2.24) is 9.71 Å². The number of hydrogen-bond acceptors (Lipinski definition) is 5. The Labute approximate surface area is 147 Å². The Hall–Kier alpha value is -3.20. The molecule has 7 nitrogen and oxygen atoms in total. The van der Waals surface area contributed by atoms with Crippen molar-refractivity contribution in [3.63, 3.8) is 0 Å². The lowest BCUT2D eigenvalue weighted by Gasteiger charge is -2.17. The SMILES string of the molecule is O=C1CN(c2c(O)cc(-c3cnc4ccccc4c3)cc2F)S(=O)(=O)N1. The molecule has 0 atom stereocenters. The summed E-state index contributed by atoms with van der Waals surface area (Å²) in [5, 5.41) is 11.1. The summed E-state index contributed by atoms with van der Waals surface area (Å²) in [7, 11) is -4.22. The summed E-state index contributed by atoms with van der Waals surface area (Å²) in [5.41, 5.74) is 1.09. The van der Waals surface area contributed by atoms with Gasteiger partial charge in [-0.2, -0.15) is 8.42 Å². The molecule has 2 N–H and O–H groups in total. The number of pyridine rings is 1. The van der Waals surface area contributed by atoms with Crippen LogP contribution in [0, 0.1) is 5.82 Å². The number of halogens is 1. The lowest BCUT2D eigenvalue weighted by atomic mass is 10.0. The Morgan fingerprint density at radius 3 is 2.62 bits per heavy atom. The Morgan fingerprint density at radius 1 is 1.15 bits per heavy atom. The van der Waals surface area contributed by atoms with E-state index in [1.807, 2.05) is 24.3 Å². The first-order chi connectivity index (χ1) is 12.3. The number of hydrogen-bond donors (Lipinski definition) is 2. The number of aromatic nitrogens is 1. The normalized spacial score (nSPS) is 16.0. The van der Waals surface area contributed by atoms with Crippen molar-refractivity contribution in [2.75, 3.05) is 10.8 Å². The highest BCUT2D eigenvalue weighted by molar-refractivity contribution is 7.92. The van der Waals surface area contributed by atoms with Crippen LogP contribution in [-0.4, -0.2) is 31.0 Å². The zero-order chi connectivity index (χ0) is 18.5. The van der Waals surface area contributed by atoms with Gasteiger partial charge in [0.1, 0.15) is 18.0 Å². The number of nitrogens with zero attached hydrogens (tertiary/aromatic N) is 2. The van der Waals surface area contributed by atoms with Crippen LogP contribution in [0.2, 0.25) is 0 Å². The standard InChI is InChI=1S/C17H12FN3O4S/c18-13-6-11(12-5-10-3-1-2-4-14(10)19-8-12)7-15(22)17(13)21-9-16(23)20-26(21,24)25/h1-8,22H,9H2,(H,20,23). The number of benzene rings is 2. The van der Waals surface area contributed by atoms with Crippen molar-refractivity contribution in [1.29, 1.82) is 0 Å². The van der Waals surface area contributed by atoms with Gasteiger partial charge in [0.25, 0.3) is 5.91 Å². The van der Waals surface area contributed by atoms with Gasteiger partial charge in [0, 0.05) is 17.1 Å². The van der Waals surface area contributed by atoms with E-state index in [2.05, 4.69) is 4.98 Å². The van der Waals surface area contributed by atoms with E-state index in [4.69, 9.17) is 0 Å². The number of fused-ring (bicyclic) bond motifs is 1. The van der Waals surface area contributed by atoms with Gasteiger partial charge in [0.15, 0.2) is 5.82 Å². The maximum Gasteiger partial charge on any atom is 0.326 e. The van der Waals surface area contributed by atoms with Crippen LogP contribution in [0.4, 0.5) is 10.1 Å². The third kappa shape index (κ3) is 2.62. The zero-order valence-electron chi connectivity index (χ0n) is 13.2. The van der Waals surface area contributed by atoms with Gasteiger partial charge in [-0.25, -0.2) is 13.4 Å². The molecule has 0 aliphatic carbocycles. The number of phenolic OH excluding ortho intramolecular Hbond substituents is 1. The fraction of sp³-hybridized carbons (Fsp3) is 0.0588. The maximum atomic E-state index is 14.6. The molecular weight excluding hydrogens is 361 g/mol. The lowest BCUT2D eigenvalue weighted by molar-refractivity contribution is -0.117. The molecule has 9 heteroatoms. The minimum absolute atomic E-state index is 0.331. The van der Waals surface area contributed by atoms with Crippen molar-refractivity contribution < 1.29 is 22.7 Å². The first kappa shape index (κ1) is 16.3. The average molecular weight is 373 g/mol. The number of phenols is 1. The predicted molar refractivity (Wildman–Crippen MR) is 93.2 cm³/mol. The molecule has 3 aromatic rings. The summed E-state index contributed by atoms with van der Waals surface area (Å²) in [4.78, 5) is 15.6. The summed E-state index contributed by atoms with van der Waals surface area (Å²) in [6.45, 7) is -0.594. The molecule has 1 aliphatic heterocycles. The quantitative estimate of drug-likeness (QED) is 0.715. The van der Waals surface area contributed by atoms with Crippen molar-refractivity contribution in [2.24, 2.45) is 0 Å². The van der Waals surface area contributed by atoms with Gasteiger partial charge < -0.3 is 5.11 Å². The van der Waals surface area contributed by atoms with E-state index in [1.54, 1.807) is 10.8 Å². The fourth-order valence-corrected chi connectivity index (χ4v) is 4.04. The molecule has 1 aliphatic rings. The number of amides is 1. The van der Waals surface area contributed by atoms with E-state index >= 15 is 0 Å². The molecule has 2 heterocycles. The van der Waals surface area contributed by atoms with E-state index in [-0.39, 0.29) is 0 Å². The summed E-state index contributed by atoms with van der Waals surface area (Å²) < 4.78 is 40.6. The molecule has 0 spiro atoms. The number of para-hydroxylation sites is 1. The largest absolute Gasteiger partial charge is 0.506 e. The molecule has 2 aromatic carbocycles. The lowest BCUT2D eigenvalue weighted by Crippen LogP contribution is -2.30. The number of aromatic hydroxyl groups is 1. The van der Waals surface area contributed by atoms with Crippen LogP contribution in [0.15, 0.2) is 48.7 Å². The minimum atomic E-state index is -4.22. The Morgan fingerprint density at radius 2 is 1.92 bits per heavy atom. The van der Waals surface area contributed by atoms with Crippen LogP contribution >= 0.6 is 0 Å². The van der Waals surface area contributed by atoms with Crippen molar-refractivity contribution >= 4 is 32.7 Å². The molecule has 0 unspecified atom stereocenters. The minimum Gasteiger partial charge on any atom is -0.506 e. The third-order valence-corrected chi connectivity index (χ3v) is 5.41. The van der Waals surface area contributed by atoms with Gasteiger partial charge in [-0.1, -0.05) is 18.2 Å². The number of anilines is 1. The van der Waals surface area contributed by atoms with Gasteiger partial charge >= 0.3 is 10.2 Å². The molecule has 4 rings (SSSR count). The number of rotatable bonds is 2. The zero-order valence-corrected chi connectivity index (χ0v) is 14.0. The highest BCUT2D eigenvalue weighted by Gasteiger charge is 2.37. The maximum absolute atomic E-state index is 14.6. The van der Waals surface area contributed by atoms with E-state index in [0.717, 1.165) is 17.0 Å². The first-order valence-electron chi connectivity index (χ1n) is 7.56. The van der Waals surface area contributed by atoms with Crippen LogP contribution in [0.1, 0.15) is 0 Å². The molecular formula is C17H12FN3O4S. The highest BCUT2D eigenvalue weighted by atomic mass is 32.2. The average Bonchev–Trinajstić information content (AvgIpc) is 2.86. The first-order valence-corrected chi connectivity index (χ1v) is 9.00. The molecule has 132 valence electrons. The van der Waals surface area contributed by atoms with Crippen LogP contribution in [0.25, 0.3) is 22.0 Å². The van der Waals surface area contributed by atoms with E-state index < -0.39 is 39.9 Å². The van der Waals surface area contributed by atoms with Gasteiger partial charge in [-0.15, -0.1) is 0 Å². The molecule has 1 saturated heterocycles. The summed E-state index contributed by atoms with van der Waals surface area (Å²) in [6, 6.07) is 11.5. The summed E-state index contributed by atoms with van der Waals surface area (Å²) in [6.07, 6.45) is 1.54. The molecule has 0 bridgehead atoms. The van der Waals surface area contributed by atoms with Crippen molar-refractivity contribution in [3.05, 3.63) is 54.5 Å². The van der Waals surface area contributed by atoms with E-state index in [9.17, 15) is 22.7 Å². The van der Waals surface area contributed by atoms with Crippen molar-refractivity contribution in [2.45, 2.75) is 0 Å². The van der Waals surface area contributed by atoms with Gasteiger partial charge in [-0.3, -0.25) is 9.78 Å². The van der Waals surface area contributed by atoms with Gasteiger partial charge in [-0.05, 0) is 29.8 Å². The second-order valence-electron chi connectivity index (χ2n) is 5.78. The number of carbonyl (C=O) groups is 1. The Bertz CT molecular complexity index is 1140. The van der Waals surface area contributed by atoms with E-state index in [1.165, 1.54) is 12.3 Å². The highest BCUT2D eigenvalue weighted by Crippen LogP contribution is 2.37. The molecule has 0 radical (unpaired) electrons. The Balaban J connectivity index is 1.82. The molecule has 1 fully saturated rings. The molecule has 1 aromatic heterocycles. The Kier molecular flexibility index (Phi) is 3.55. The molecule has 1 amide bonds. The molecule has 26 heavy (non-hydrogen) atoms. The third-order valence-electron chi connectivity index (χ3n) is 4.04. The summed E-state index contributed by atoms with van der Waals surface area (Å²) >= 11 is 0.